The minimum atomic E-state index is -0.208. The molecule has 0 aromatic heterocycles. The fourth-order valence-corrected chi connectivity index (χ4v) is 2.88. The van der Waals surface area contributed by atoms with Gasteiger partial charge in [0.2, 0.25) is 0 Å². The van der Waals surface area contributed by atoms with Gasteiger partial charge >= 0.3 is 11.9 Å². The molecule has 0 heterocycles. The third kappa shape index (κ3) is 14.8. The molecule has 0 spiro atoms. The molecule has 1 aromatic carbocycles. The average molecular weight is 407 g/mol. The van der Waals surface area contributed by atoms with Crippen LogP contribution in [0.4, 0.5) is 0 Å². The first-order chi connectivity index (χ1) is 14.0. The van der Waals surface area contributed by atoms with Gasteiger partial charge in [0.1, 0.15) is 0 Å². The summed E-state index contributed by atoms with van der Waals surface area (Å²) in [6, 6.07) is 9.17. The quantitative estimate of drug-likeness (QED) is 0.337. The van der Waals surface area contributed by atoms with Crippen molar-refractivity contribution < 1.29 is 19.1 Å². The predicted molar refractivity (Wildman–Crippen MR) is 120 cm³/mol. The number of hydrogen-bond acceptors (Lipinski definition) is 4. The second kappa shape index (κ2) is 18.2. The van der Waals surface area contributed by atoms with E-state index in [1.165, 1.54) is 39.0 Å². The summed E-state index contributed by atoms with van der Waals surface area (Å²) in [6.07, 6.45) is 9.37. The maximum absolute atomic E-state index is 11.7. The first-order valence-corrected chi connectivity index (χ1v) is 11.3. The van der Waals surface area contributed by atoms with E-state index in [1.807, 2.05) is 18.2 Å². The van der Waals surface area contributed by atoms with E-state index in [4.69, 9.17) is 9.47 Å². The zero-order valence-corrected chi connectivity index (χ0v) is 19.2. The standard InChI is InChI=1S/C15H22O2.C10H20O2/c1-3-5-9-13(4-2)12-17-15(16)14-10-7-6-8-11-14;1-4-6-7-10(5-2)8-12-9(3)11/h6-8,10-11,13H,3-5,9,12H2,1-2H3;10H,4-8H2,1-3H3. The molecule has 0 bridgehead atoms. The number of benzene rings is 1. The summed E-state index contributed by atoms with van der Waals surface area (Å²) in [6.45, 7) is 11.3. The molecule has 1 rings (SSSR count). The molecule has 29 heavy (non-hydrogen) atoms. The lowest BCUT2D eigenvalue weighted by atomic mass is 10.0. The lowest BCUT2D eigenvalue weighted by Crippen LogP contribution is -2.13. The van der Waals surface area contributed by atoms with E-state index in [0.717, 1.165) is 19.3 Å². The number of unbranched alkanes of at least 4 members (excludes halogenated alkanes) is 2. The number of hydrogen-bond donors (Lipinski definition) is 0. The fourth-order valence-electron chi connectivity index (χ4n) is 2.88. The Hall–Kier alpha value is -1.84. The smallest absolute Gasteiger partial charge is 0.338 e. The molecule has 0 N–H and O–H groups in total. The van der Waals surface area contributed by atoms with Gasteiger partial charge in [0, 0.05) is 6.92 Å². The van der Waals surface area contributed by atoms with Crippen molar-refractivity contribution in [3.63, 3.8) is 0 Å². The fraction of sp³-hybridized carbons (Fsp3) is 0.680. The largest absolute Gasteiger partial charge is 0.466 e. The highest BCUT2D eigenvalue weighted by molar-refractivity contribution is 5.89. The van der Waals surface area contributed by atoms with Gasteiger partial charge in [0.25, 0.3) is 0 Å². The van der Waals surface area contributed by atoms with Crippen LogP contribution in [0.3, 0.4) is 0 Å². The Balaban J connectivity index is 0.000000578. The van der Waals surface area contributed by atoms with Crippen molar-refractivity contribution in [2.75, 3.05) is 13.2 Å². The number of rotatable bonds is 13. The molecule has 0 saturated carbocycles. The van der Waals surface area contributed by atoms with Gasteiger partial charge in [-0.1, -0.05) is 84.4 Å². The minimum Gasteiger partial charge on any atom is -0.466 e. The third-order valence-corrected chi connectivity index (χ3v) is 5.07. The van der Waals surface area contributed by atoms with Crippen LogP contribution in [0.5, 0.6) is 0 Å². The van der Waals surface area contributed by atoms with E-state index in [-0.39, 0.29) is 11.9 Å². The van der Waals surface area contributed by atoms with Gasteiger partial charge in [0.15, 0.2) is 0 Å². The summed E-state index contributed by atoms with van der Waals surface area (Å²) in [5, 5.41) is 0. The number of ether oxygens (including phenoxy) is 2. The second-order valence-corrected chi connectivity index (χ2v) is 7.60. The maximum Gasteiger partial charge on any atom is 0.338 e. The second-order valence-electron chi connectivity index (χ2n) is 7.60. The molecule has 0 aliphatic carbocycles. The topological polar surface area (TPSA) is 52.6 Å². The zero-order valence-electron chi connectivity index (χ0n) is 19.2. The molecule has 2 unspecified atom stereocenters. The van der Waals surface area contributed by atoms with Gasteiger partial charge in [-0.25, -0.2) is 4.79 Å². The summed E-state index contributed by atoms with van der Waals surface area (Å²) < 4.78 is 10.3. The van der Waals surface area contributed by atoms with Crippen LogP contribution >= 0.6 is 0 Å². The lowest BCUT2D eigenvalue weighted by Gasteiger charge is -2.14. The van der Waals surface area contributed by atoms with Crippen molar-refractivity contribution in [2.24, 2.45) is 11.8 Å². The molecule has 0 saturated heterocycles. The summed E-state index contributed by atoms with van der Waals surface area (Å²) in [4.78, 5) is 22.2. The lowest BCUT2D eigenvalue weighted by molar-refractivity contribution is -0.142. The van der Waals surface area contributed by atoms with Crippen LogP contribution in [0.15, 0.2) is 30.3 Å². The van der Waals surface area contributed by atoms with Crippen LogP contribution in [0, 0.1) is 11.8 Å². The van der Waals surface area contributed by atoms with Crippen LogP contribution < -0.4 is 0 Å². The molecule has 0 aliphatic rings. The first kappa shape index (κ1) is 27.2. The van der Waals surface area contributed by atoms with Gasteiger partial charge < -0.3 is 9.47 Å². The Morgan fingerprint density at radius 3 is 1.69 bits per heavy atom. The number of esters is 2. The summed E-state index contributed by atoms with van der Waals surface area (Å²) in [5.41, 5.74) is 0.637. The molecular formula is C25H42O4. The highest BCUT2D eigenvalue weighted by Crippen LogP contribution is 2.14. The summed E-state index contributed by atoms with van der Waals surface area (Å²) in [7, 11) is 0. The Morgan fingerprint density at radius 2 is 1.28 bits per heavy atom. The van der Waals surface area contributed by atoms with Gasteiger partial charge in [-0.2, -0.15) is 0 Å². The van der Waals surface area contributed by atoms with Crippen LogP contribution in [0.2, 0.25) is 0 Å². The maximum atomic E-state index is 11.7. The van der Waals surface area contributed by atoms with E-state index in [1.54, 1.807) is 12.1 Å². The summed E-state index contributed by atoms with van der Waals surface area (Å²) >= 11 is 0. The number of carbonyl (C=O) groups excluding carboxylic acids is 2. The molecule has 4 nitrogen and oxygen atoms in total. The molecule has 0 aliphatic heterocycles. The molecule has 1 aromatic rings. The molecule has 4 heteroatoms. The van der Waals surface area contributed by atoms with Crippen LogP contribution in [-0.4, -0.2) is 25.2 Å². The van der Waals surface area contributed by atoms with Crippen LogP contribution in [0.25, 0.3) is 0 Å². The molecule has 0 fully saturated rings. The van der Waals surface area contributed by atoms with Crippen molar-refractivity contribution in [2.45, 2.75) is 86.0 Å². The first-order valence-electron chi connectivity index (χ1n) is 11.3. The van der Waals surface area contributed by atoms with E-state index in [9.17, 15) is 9.59 Å². The van der Waals surface area contributed by atoms with Crippen LogP contribution in [-0.2, 0) is 14.3 Å². The molecule has 166 valence electrons. The van der Waals surface area contributed by atoms with Crippen molar-refractivity contribution in [1.29, 1.82) is 0 Å². The monoisotopic (exact) mass is 406 g/mol. The van der Waals surface area contributed by atoms with Crippen molar-refractivity contribution in [3.05, 3.63) is 35.9 Å². The Kier molecular flexibility index (Phi) is 17.1. The Morgan fingerprint density at radius 1 is 0.793 bits per heavy atom. The predicted octanol–water partition coefficient (Wildman–Crippen LogP) is 6.83. The SMILES string of the molecule is CCCCC(CC)COC(=O)c1ccccc1.CCCCC(CC)COC(C)=O. The normalized spacial score (nSPS) is 12.3. The van der Waals surface area contributed by atoms with E-state index in [2.05, 4.69) is 27.7 Å². The highest BCUT2D eigenvalue weighted by atomic mass is 16.5. The minimum absolute atomic E-state index is 0.162. The Bertz CT molecular complexity index is 527. The molecule has 0 radical (unpaired) electrons. The molecule has 2 atom stereocenters. The van der Waals surface area contributed by atoms with Crippen molar-refractivity contribution in [3.8, 4) is 0 Å². The molecule has 0 amide bonds. The van der Waals surface area contributed by atoms with Gasteiger partial charge in [-0.3, -0.25) is 4.79 Å². The zero-order chi connectivity index (χ0) is 21.9. The van der Waals surface area contributed by atoms with Crippen molar-refractivity contribution >= 4 is 11.9 Å². The van der Waals surface area contributed by atoms with E-state index in [0.29, 0.717) is 30.6 Å². The van der Waals surface area contributed by atoms with Crippen molar-refractivity contribution in [1.82, 2.24) is 0 Å². The summed E-state index contributed by atoms with van der Waals surface area (Å²) in [5.74, 6) is 0.696. The van der Waals surface area contributed by atoms with E-state index < -0.39 is 0 Å². The highest BCUT2D eigenvalue weighted by Gasteiger charge is 2.11. The Labute approximate surface area is 178 Å². The van der Waals surface area contributed by atoms with Crippen LogP contribution in [0.1, 0.15) is 96.3 Å². The van der Waals surface area contributed by atoms with Gasteiger partial charge in [-0.05, 0) is 36.8 Å². The molecular weight excluding hydrogens is 364 g/mol. The van der Waals surface area contributed by atoms with Gasteiger partial charge in [-0.15, -0.1) is 0 Å². The third-order valence-electron chi connectivity index (χ3n) is 5.07. The average Bonchev–Trinajstić information content (AvgIpc) is 2.74. The van der Waals surface area contributed by atoms with Gasteiger partial charge in [0.05, 0.1) is 18.8 Å². The van der Waals surface area contributed by atoms with E-state index >= 15 is 0 Å². The number of carbonyl (C=O) groups is 2.